The van der Waals surface area contributed by atoms with E-state index in [1.807, 2.05) is 59.3 Å². The van der Waals surface area contributed by atoms with Gasteiger partial charge in [0.1, 0.15) is 0 Å². The van der Waals surface area contributed by atoms with E-state index in [-0.39, 0.29) is 20.1 Å². The van der Waals surface area contributed by atoms with Crippen molar-refractivity contribution < 1.29 is 20.1 Å². The molecule has 0 unspecified atom stereocenters. The molecule has 2 nitrogen and oxygen atoms in total. The maximum Gasteiger partial charge on any atom is 0.0454 e. The van der Waals surface area contributed by atoms with Crippen molar-refractivity contribution in [2.45, 2.75) is 20.8 Å². The van der Waals surface area contributed by atoms with Gasteiger partial charge in [0.05, 0.1) is 0 Å². The van der Waals surface area contributed by atoms with Crippen LogP contribution in [-0.2, 0) is 20.1 Å². The molecule has 0 aliphatic carbocycles. The summed E-state index contributed by atoms with van der Waals surface area (Å²) in [5, 5.41) is 5.40. The minimum atomic E-state index is 0. The second kappa shape index (κ2) is 13.5. The van der Waals surface area contributed by atoms with E-state index in [2.05, 4.69) is 134 Å². The number of nitrogens with zero attached hydrogens (tertiary/aromatic N) is 2. The van der Waals surface area contributed by atoms with Gasteiger partial charge < -0.3 is 9.97 Å². The average molecular weight is 831 g/mol. The summed E-state index contributed by atoms with van der Waals surface area (Å²) in [6.07, 6.45) is 3.83. The van der Waals surface area contributed by atoms with Gasteiger partial charge in [-0.2, -0.15) is 0 Å². The molecule has 0 aliphatic rings. The van der Waals surface area contributed by atoms with Gasteiger partial charge in [0.15, 0.2) is 0 Å². The molecule has 1 radical (unpaired) electrons. The summed E-state index contributed by atoms with van der Waals surface area (Å²) in [6, 6.07) is 47.1. The molecule has 0 aliphatic heterocycles. The number of aryl methyl sites for hydroxylation is 3. The van der Waals surface area contributed by atoms with Crippen LogP contribution < -0.4 is 0 Å². The van der Waals surface area contributed by atoms with Crippen molar-refractivity contribution in [2.24, 2.45) is 0 Å². The number of pyridine rings is 2. The molecule has 0 spiro atoms. The monoisotopic (exact) mass is 831 g/mol. The fourth-order valence-electron chi connectivity index (χ4n) is 6.05. The zero-order chi connectivity index (χ0) is 31.9. The van der Waals surface area contributed by atoms with E-state index in [0.717, 1.165) is 22.5 Å². The predicted octanol–water partition coefficient (Wildman–Crippen LogP) is 12.4. The third-order valence-electron chi connectivity index (χ3n) is 8.66. The van der Waals surface area contributed by atoms with Crippen LogP contribution in [0, 0.1) is 32.9 Å². The molecule has 9 aromatic rings. The van der Waals surface area contributed by atoms with Gasteiger partial charge in [-0.15, -0.1) is 94.0 Å². The first-order valence-corrected chi connectivity index (χ1v) is 17.3. The maximum atomic E-state index is 4.64. The molecule has 0 amide bonds. The summed E-state index contributed by atoms with van der Waals surface area (Å²) < 4.78 is 5.38. The molecule has 9 rings (SSSR count). The number of rotatable bonds is 3. The largest absolute Gasteiger partial charge is 0.305 e. The first-order chi connectivity index (χ1) is 23.0. The van der Waals surface area contributed by atoms with Crippen LogP contribution in [-0.4, -0.2) is 9.97 Å². The fourth-order valence-corrected chi connectivity index (χ4v) is 8.56. The SMILES string of the molecule is Cc1c[c-]c(-c2cc(C)c(C)cn2)cc1.[Ir].[c-]1ccccc1-c1cc(-c2cc3sc4ccccc4c3c3sc4ccccc4c23)ccn1. The Labute approximate surface area is 302 Å². The summed E-state index contributed by atoms with van der Waals surface area (Å²) in [5.74, 6) is 0. The van der Waals surface area contributed by atoms with Gasteiger partial charge in [-0.1, -0.05) is 61.0 Å². The Hall–Kier alpha value is -4.51. The summed E-state index contributed by atoms with van der Waals surface area (Å²) in [5.41, 5.74) is 10.2. The van der Waals surface area contributed by atoms with Gasteiger partial charge in [-0.3, -0.25) is 0 Å². The van der Waals surface area contributed by atoms with Crippen LogP contribution in [0.15, 0.2) is 128 Å². The van der Waals surface area contributed by atoms with Crippen LogP contribution in [0.4, 0.5) is 0 Å². The molecule has 4 aromatic heterocycles. The first-order valence-electron chi connectivity index (χ1n) is 15.6. The molecule has 0 saturated carbocycles. The van der Waals surface area contributed by atoms with Crippen LogP contribution in [0.3, 0.4) is 0 Å². The van der Waals surface area contributed by atoms with E-state index in [1.54, 1.807) is 0 Å². The number of hydrogen-bond donors (Lipinski definition) is 0. The Morgan fingerprint density at radius 1 is 0.583 bits per heavy atom. The molecular formula is C43H30IrN2S2-2. The molecule has 48 heavy (non-hydrogen) atoms. The molecule has 0 bridgehead atoms. The Morgan fingerprint density at radius 2 is 1.29 bits per heavy atom. The summed E-state index contributed by atoms with van der Waals surface area (Å²) in [4.78, 5) is 9.04. The summed E-state index contributed by atoms with van der Waals surface area (Å²) >= 11 is 3.79. The molecule has 0 atom stereocenters. The average Bonchev–Trinajstić information content (AvgIpc) is 3.69. The minimum Gasteiger partial charge on any atom is -0.305 e. The second-order valence-electron chi connectivity index (χ2n) is 11.8. The van der Waals surface area contributed by atoms with Crippen molar-refractivity contribution in [3.05, 3.63) is 156 Å². The Bertz CT molecular complexity index is 2550. The fraction of sp³-hybridized carbons (Fsp3) is 0.0698. The van der Waals surface area contributed by atoms with Crippen molar-refractivity contribution in [2.75, 3.05) is 0 Å². The molecule has 5 aromatic carbocycles. The van der Waals surface area contributed by atoms with E-state index in [0.29, 0.717) is 0 Å². The Kier molecular flexibility index (Phi) is 9.04. The van der Waals surface area contributed by atoms with Crippen molar-refractivity contribution >= 4 is 63.0 Å². The molecule has 0 saturated heterocycles. The number of fused-ring (bicyclic) bond motifs is 7. The zero-order valence-electron chi connectivity index (χ0n) is 26.7. The normalized spacial score (nSPS) is 11.1. The molecule has 235 valence electrons. The van der Waals surface area contributed by atoms with Crippen molar-refractivity contribution in [3.8, 4) is 33.6 Å². The molecule has 0 N–H and O–H groups in total. The van der Waals surface area contributed by atoms with Crippen molar-refractivity contribution in [1.82, 2.24) is 9.97 Å². The number of benzene rings is 5. The third kappa shape index (κ3) is 6.00. The molecule has 0 fully saturated rings. The minimum absolute atomic E-state index is 0. The van der Waals surface area contributed by atoms with Crippen LogP contribution in [0.2, 0.25) is 0 Å². The number of hydrogen-bond acceptors (Lipinski definition) is 4. The molecule has 5 heteroatoms. The van der Waals surface area contributed by atoms with E-state index < -0.39 is 0 Å². The van der Waals surface area contributed by atoms with Crippen molar-refractivity contribution in [3.63, 3.8) is 0 Å². The van der Waals surface area contributed by atoms with Crippen molar-refractivity contribution in [1.29, 1.82) is 0 Å². The van der Waals surface area contributed by atoms with Gasteiger partial charge in [0, 0.05) is 72.8 Å². The molecule has 4 heterocycles. The standard InChI is InChI=1S/C29H16NS2.C14H14N.Ir/c1-2-8-18(9-3-1)23-16-19(14-15-30-23)22-17-26-28(21-11-5-6-12-24(21)31-26)29-27(22)20-10-4-7-13-25(20)32-29;1-10-4-6-13(7-5-10)14-8-11(2)12(3)9-15-14;/h1-8,10-17H;4-6,8-9H,1-3H3;/q2*-1;. The predicted molar refractivity (Wildman–Crippen MR) is 202 cm³/mol. The van der Waals surface area contributed by atoms with E-state index in [9.17, 15) is 0 Å². The smallest absolute Gasteiger partial charge is 0.0454 e. The van der Waals surface area contributed by atoms with E-state index in [4.69, 9.17) is 0 Å². The van der Waals surface area contributed by atoms with Crippen LogP contribution in [0.5, 0.6) is 0 Å². The molecular weight excluding hydrogens is 801 g/mol. The topological polar surface area (TPSA) is 25.8 Å². The quantitative estimate of drug-likeness (QED) is 0.166. The van der Waals surface area contributed by atoms with Gasteiger partial charge in [0.2, 0.25) is 0 Å². The summed E-state index contributed by atoms with van der Waals surface area (Å²) in [6.45, 7) is 6.24. The van der Waals surface area contributed by atoms with Crippen LogP contribution in [0.1, 0.15) is 16.7 Å². The maximum absolute atomic E-state index is 4.64. The van der Waals surface area contributed by atoms with Gasteiger partial charge in [-0.05, 0) is 66.2 Å². The number of thiophene rings is 2. The van der Waals surface area contributed by atoms with Gasteiger partial charge in [-0.25, -0.2) is 0 Å². The summed E-state index contributed by atoms with van der Waals surface area (Å²) in [7, 11) is 0. The Balaban J connectivity index is 0.000000193. The van der Waals surface area contributed by atoms with E-state index >= 15 is 0 Å². The second-order valence-corrected chi connectivity index (χ2v) is 14.0. The van der Waals surface area contributed by atoms with Gasteiger partial charge in [0.25, 0.3) is 0 Å². The van der Waals surface area contributed by atoms with E-state index in [1.165, 1.54) is 68.2 Å². The first kappa shape index (κ1) is 32.1. The van der Waals surface area contributed by atoms with Crippen LogP contribution in [0.25, 0.3) is 74.0 Å². The van der Waals surface area contributed by atoms with Gasteiger partial charge >= 0.3 is 0 Å². The number of aromatic nitrogens is 2. The van der Waals surface area contributed by atoms with Crippen LogP contribution >= 0.6 is 22.7 Å². The third-order valence-corrected chi connectivity index (χ3v) is 11.0. The Morgan fingerprint density at radius 3 is 2.02 bits per heavy atom. The zero-order valence-corrected chi connectivity index (χ0v) is 30.7.